The number of H-pyrrole nitrogens is 1. The van der Waals surface area contributed by atoms with Gasteiger partial charge in [-0.05, 0) is 48.4 Å². The van der Waals surface area contributed by atoms with E-state index in [-0.39, 0.29) is 17.2 Å². The first kappa shape index (κ1) is 15.9. The van der Waals surface area contributed by atoms with Crippen LogP contribution < -0.4 is 5.32 Å². The third-order valence-electron chi connectivity index (χ3n) is 3.61. The second-order valence-corrected chi connectivity index (χ2v) is 6.52. The topological polar surface area (TPSA) is 65.1 Å². The Labute approximate surface area is 146 Å². The zero-order valence-electron chi connectivity index (χ0n) is 12.1. The molecule has 0 aliphatic heterocycles. The van der Waals surface area contributed by atoms with Gasteiger partial charge >= 0.3 is 0 Å². The van der Waals surface area contributed by atoms with Crippen molar-refractivity contribution in [2.24, 2.45) is 0 Å². The lowest BCUT2D eigenvalue weighted by Gasteiger charge is -2.07. The number of fused-ring (bicyclic) bond motifs is 1. The molecule has 23 heavy (non-hydrogen) atoms. The minimum atomic E-state index is -0.304. The molecule has 3 rings (SSSR count). The number of rotatable bonds is 4. The molecule has 0 aliphatic rings. The Bertz CT molecular complexity index is 876. The van der Waals surface area contributed by atoms with Crippen LogP contribution in [-0.4, -0.2) is 22.5 Å². The van der Waals surface area contributed by atoms with E-state index in [1.165, 1.54) is 6.07 Å². The van der Waals surface area contributed by atoms with Crippen molar-refractivity contribution < 1.29 is 9.90 Å². The number of phenolic OH excluding ortho intramolecular Hbond substituents is 1. The van der Waals surface area contributed by atoms with Crippen molar-refractivity contribution in [3.63, 3.8) is 0 Å². The summed E-state index contributed by atoms with van der Waals surface area (Å²) < 4.78 is 0.742. The number of carbonyl (C=O) groups is 1. The number of nitrogens with one attached hydrogen (secondary N) is 2. The third-order valence-corrected chi connectivity index (χ3v) is 4.34. The van der Waals surface area contributed by atoms with Crippen LogP contribution in [0, 0.1) is 0 Å². The molecule has 0 saturated carbocycles. The lowest BCUT2D eigenvalue weighted by atomic mass is 10.1. The van der Waals surface area contributed by atoms with Gasteiger partial charge < -0.3 is 15.4 Å². The van der Waals surface area contributed by atoms with Crippen LogP contribution in [0.2, 0.25) is 5.02 Å². The summed E-state index contributed by atoms with van der Waals surface area (Å²) in [6.45, 7) is 0.463. The fourth-order valence-corrected chi connectivity index (χ4v) is 2.99. The summed E-state index contributed by atoms with van der Waals surface area (Å²) in [7, 11) is 0. The lowest BCUT2D eigenvalue weighted by molar-refractivity contribution is 0.0951. The number of phenols is 1. The number of aromatic hydroxyl groups is 1. The minimum absolute atomic E-state index is 0.0374. The lowest BCUT2D eigenvalue weighted by Crippen LogP contribution is -2.25. The van der Waals surface area contributed by atoms with E-state index in [0.717, 1.165) is 20.9 Å². The zero-order chi connectivity index (χ0) is 16.4. The van der Waals surface area contributed by atoms with E-state index in [4.69, 9.17) is 11.6 Å². The molecule has 1 heterocycles. The van der Waals surface area contributed by atoms with Crippen molar-refractivity contribution >= 4 is 44.3 Å². The smallest absolute Gasteiger partial charge is 0.255 e. The van der Waals surface area contributed by atoms with Crippen LogP contribution in [0.25, 0.3) is 10.9 Å². The van der Waals surface area contributed by atoms with E-state index in [2.05, 4.69) is 26.2 Å². The fraction of sp³-hybridized carbons (Fsp3) is 0.118. The quantitative estimate of drug-likeness (QED) is 0.620. The molecular formula is C17H14BrClN2O2. The largest absolute Gasteiger partial charge is 0.507 e. The van der Waals surface area contributed by atoms with Crippen LogP contribution in [0.4, 0.5) is 0 Å². The van der Waals surface area contributed by atoms with Gasteiger partial charge in [-0.15, -0.1) is 0 Å². The van der Waals surface area contributed by atoms with Gasteiger partial charge in [0, 0.05) is 33.1 Å². The molecule has 0 atom stereocenters. The highest BCUT2D eigenvalue weighted by atomic mass is 79.9. The van der Waals surface area contributed by atoms with Gasteiger partial charge in [0.2, 0.25) is 0 Å². The van der Waals surface area contributed by atoms with Crippen LogP contribution in [0.15, 0.2) is 47.1 Å². The average molecular weight is 394 g/mol. The second kappa shape index (κ2) is 6.64. The summed E-state index contributed by atoms with van der Waals surface area (Å²) in [6.07, 6.45) is 2.59. The van der Waals surface area contributed by atoms with Crippen LogP contribution in [0.5, 0.6) is 5.75 Å². The Morgan fingerprint density at radius 3 is 2.91 bits per heavy atom. The summed E-state index contributed by atoms with van der Waals surface area (Å²) in [6, 6.07) is 10.4. The molecule has 0 aliphatic carbocycles. The Balaban J connectivity index is 1.67. The number of benzene rings is 2. The Morgan fingerprint density at radius 2 is 2.09 bits per heavy atom. The van der Waals surface area contributed by atoms with Gasteiger partial charge in [-0.1, -0.05) is 27.5 Å². The molecule has 0 unspecified atom stereocenters. The first-order valence-electron chi connectivity index (χ1n) is 7.07. The molecule has 0 saturated heterocycles. The normalized spacial score (nSPS) is 10.9. The van der Waals surface area contributed by atoms with Crippen LogP contribution in [-0.2, 0) is 6.42 Å². The predicted octanol–water partition coefficient (Wildman–Crippen LogP) is 4.26. The van der Waals surface area contributed by atoms with Gasteiger partial charge in [-0.3, -0.25) is 4.79 Å². The van der Waals surface area contributed by atoms with E-state index in [1.54, 1.807) is 12.1 Å². The first-order valence-corrected chi connectivity index (χ1v) is 8.24. The molecule has 2 aromatic carbocycles. The first-order chi connectivity index (χ1) is 11.0. The molecular weight excluding hydrogens is 380 g/mol. The number of hydrogen-bond acceptors (Lipinski definition) is 2. The van der Waals surface area contributed by atoms with E-state index in [9.17, 15) is 9.90 Å². The molecule has 0 radical (unpaired) electrons. The number of hydrogen-bond donors (Lipinski definition) is 3. The highest BCUT2D eigenvalue weighted by Crippen LogP contribution is 2.23. The highest BCUT2D eigenvalue weighted by molar-refractivity contribution is 9.10. The molecule has 0 spiro atoms. The maximum Gasteiger partial charge on any atom is 0.255 e. The Hall–Kier alpha value is -1.98. The molecule has 6 heteroatoms. The van der Waals surface area contributed by atoms with Gasteiger partial charge in [0.25, 0.3) is 5.91 Å². The predicted molar refractivity (Wildman–Crippen MR) is 95.2 cm³/mol. The monoisotopic (exact) mass is 392 g/mol. The zero-order valence-corrected chi connectivity index (χ0v) is 14.4. The van der Waals surface area contributed by atoms with Gasteiger partial charge in [0.15, 0.2) is 0 Å². The van der Waals surface area contributed by atoms with Crippen molar-refractivity contribution in [3.05, 3.63) is 63.2 Å². The molecule has 1 amide bonds. The third kappa shape index (κ3) is 3.51. The van der Waals surface area contributed by atoms with Crippen LogP contribution >= 0.6 is 27.5 Å². The van der Waals surface area contributed by atoms with E-state index in [1.807, 2.05) is 24.4 Å². The number of halogens is 2. The maximum atomic E-state index is 12.1. The SMILES string of the molecule is O=C(NCCc1c[nH]c2ccc(Cl)cc12)c1cc(Br)ccc1O. The fourth-order valence-electron chi connectivity index (χ4n) is 2.45. The van der Waals surface area contributed by atoms with Gasteiger partial charge in [-0.25, -0.2) is 0 Å². The maximum absolute atomic E-state index is 12.1. The number of carbonyl (C=O) groups excluding carboxylic acids is 1. The molecule has 1 aromatic heterocycles. The molecule has 3 aromatic rings. The Kier molecular flexibility index (Phi) is 4.59. The summed E-state index contributed by atoms with van der Waals surface area (Å²) in [4.78, 5) is 15.3. The Morgan fingerprint density at radius 1 is 1.26 bits per heavy atom. The van der Waals surface area contributed by atoms with Crippen molar-refractivity contribution in [3.8, 4) is 5.75 Å². The molecule has 118 valence electrons. The van der Waals surface area contributed by atoms with Crippen LogP contribution in [0.1, 0.15) is 15.9 Å². The van der Waals surface area contributed by atoms with Gasteiger partial charge in [0.1, 0.15) is 5.75 Å². The van der Waals surface area contributed by atoms with E-state index < -0.39 is 0 Å². The number of aromatic nitrogens is 1. The standard InChI is InChI=1S/C17H14BrClN2O2/c18-11-1-4-16(22)14(7-11)17(23)20-6-5-10-9-21-15-3-2-12(19)8-13(10)15/h1-4,7-9,21-22H,5-6H2,(H,20,23). The highest BCUT2D eigenvalue weighted by Gasteiger charge is 2.11. The molecule has 4 nitrogen and oxygen atoms in total. The van der Waals surface area contributed by atoms with Crippen molar-refractivity contribution in [2.75, 3.05) is 6.54 Å². The average Bonchev–Trinajstić information content (AvgIpc) is 2.92. The van der Waals surface area contributed by atoms with Crippen molar-refractivity contribution in [1.29, 1.82) is 0 Å². The molecule has 3 N–H and O–H groups in total. The summed E-state index contributed by atoms with van der Waals surface area (Å²) in [5.41, 5.74) is 2.35. The van der Waals surface area contributed by atoms with Crippen molar-refractivity contribution in [1.82, 2.24) is 10.3 Å². The van der Waals surface area contributed by atoms with E-state index >= 15 is 0 Å². The number of amides is 1. The summed E-state index contributed by atoms with van der Waals surface area (Å²) >= 11 is 9.32. The molecule has 0 fully saturated rings. The molecule has 0 bridgehead atoms. The van der Waals surface area contributed by atoms with Crippen molar-refractivity contribution in [2.45, 2.75) is 6.42 Å². The second-order valence-electron chi connectivity index (χ2n) is 5.17. The van der Waals surface area contributed by atoms with E-state index in [0.29, 0.717) is 18.0 Å². The van der Waals surface area contributed by atoms with Gasteiger partial charge in [0.05, 0.1) is 5.56 Å². The van der Waals surface area contributed by atoms with Crippen LogP contribution in [0.3, 0.4) is 0 Å². The van der Waals surface area contributed by atoms with Gasteiger partial charge in [-0.2, -0.15) is 0 Å². The summed E-state index contributed by atoms with van der Waals surface area (Å²) in [5.74, 6) is -0.341. The minimum Gasteiger partial charge on any atom is -0.507 e. The summed E-state index contributed by atoms with van der Waals surface area (Å²) in [5, 5.41) is 14.3. The number of aromatic amines is 1.